The van der Waals surface area contributed by atoms with E-state index in [1.54, 1.807) is 56.5 Å². The number of ether oxygens (including phenoxy) is 2. The fourth-order valence-electron chi connectivity index (χ4n) is 4.14. The Labute approximate surface area is 198 Å². The highest BCUT2D eigenvalue weighted by Gasteiger charge is 2.47. The molecule has 3 aromatic rings. The predicted octanol–water partition coefficient (Wildman–Crippen LogP) is 4.93. The van der Waals surface area contributed by atoms with Crippen LogP contribution in [0, 0.1) is 13.8 Å². The van der Waals surface area contributed by atoms with Gasteiger partial charge in [-0.15, -0.1) is 0 Å². The van der Waals surface area contributed by atoms with E-state index in [0.717, 1.165) is 11.1 Å². The molecule has 1 aromatic heterocycles. The molecule has 0 radical (unpaired) electrons. The molecule has 7 nitrogen and oxygen atoms in total. The number of ketones is 1. The molecule has 2 aromatic carbocycles. The quantitative estimate of drug-likeness (QED) is 0.305. The van der Waals surface area contributed by atoms with Crippen LogP contribution >= 0.6 is 0 Å². The van der Waals surface area contributed by atoms with E-state index < -0.39 is 17.7 Å². The average Bonchev–Trinajstić information content (AvgIpc) is 3.36. The summed E-state index contributed by atoms with van der Waals surface area (Å²) in [7, 11) is 1.58. The fourth-order valence-corrected chi connectivity index (χ4v) is 4.14. The van der Waals surface area contributed by atoms with E-state index in [4.69, 9.17) is 13.9 Å². The lowest BCUT2D eigenvalue weighted by Gasteiger charge is -2.23. The van der Waals surface area contributed by atoms with Gasteiger partial charge in [0.1, 0.15) is 34.8 Å². The van der Waals surface area contributed by atoms with Crippen molar-refractivity contribution in [3.8, 4) is 11.5 Å². The number of nitrogens with zero attached hydrogens (tertiary/aromatic N) is 1. The third-order valence-electron chi connectivity index (χ3n) is 5.83. The molecule has 1 amide bonds. The van der Waals surface area contributed by atoms with Gasteiger partial charge >= 0.3 is 0 Å². The number of amides is 1. The smallest absolute Gasteiger partial charge is 0.296 e. The number of benzene rings is 2. The highest BCUT2D eigenvalue weighted by Crippen LogP contribution is 2.41. The van der Waals surface area contributed by atoms with Gasteiger partial charge in [0, 0.05) is 12.1 Å². The molecule has 34 heavy (non-hydrogen) atoms. The van der Waals surface area contributed by atoms with Crippen LogP contribution < -0.4 is 9.47 Å². The summed E-state index contributed by atoms with van der Waals surface area (Å²) in [5.41, 5.74) is 2.05. The normalized spacial score (nSPS) is 17.3. The first-order valence-electron chi connectivity index (χ1n) is 11.1. The van der Waals surface area contributed by atoms with E-state index in [9.17, 15) is 14.7 Å². The second-order valence-electron chi connectivity index (χ2n) is 8.14. The van der Waals surface area contributed by atoms with E-state index in [-0.39, 0.29) is 17.9 Å². The van der Waals surface area contributed by atoms with E-state index in [1.165, 1.54) is 4.90 Å². The van der Waals surface area contributed by atoms with Crippen molar-refractivity contribution < 1.29 is 28.6 Å². The van der Waals surface area contributed by atoms with Gasteiger partial charge < -0.3 is 23.9 Å². The van der Waals surface area contributed by atoms with Gasteiger partial charge in [0.15, 0.2) is 0 Å². The summed E-state index contributed by atoms with van der Waals surface area (Å²) in [6.45, 7) is 6.22. The summed E-state index contributed by atoms with van der Waals surface area (Å²) < 4.78 is 16.6. The molecule has 1 saturated heterocycles. The first kappa shape index (κ1) is 23.2. The van der Waals surface area contributed by atoms with Crippen molar-refractivity contribution in [3.05, 3.63) is 88.4 Å². The maximum absolute atomic E-state index is 13.2. The van der Waals surface area contributed by atoms with Crippen molar-refractivity contribution in [1.82, 2.24) is 4.90 Å². The molecule has 1 N–H and O–H groups in total. The van der Waals surface area contributed by atoms with Gasteiger partial charge in [0.2, 0.25) is 0 Å². The Balaban J connectivity index is 1.79. The number of carbonyl (C=O) groups excluding carboxylic acids is 2. The predicted molar refractivity (Wildman–Crippen MR) is 127 cm³/mol. The molecule has 1 unspecified atom stereocenters. The number of likely N-dealkylation sites (tertiary alicyclic amines) is 1. The number of hydrogen-bond acceptors (Lipinski definition) is 6. The lowest BCUT2D eigenvalue weighted by atomic mass is 9.98. The van der Waals surface area contributed by atoms with Crippen LogP contribution in [0.4, 0.5) is 0 Å². The number of Topliss-reactive ketones (excluding diaryl/α,β-unsaturated/α-hetero) is 1. The lowest BCUT2D eigenvalue weighted by molar-refractivity contribution is -0.140. The van der Waals surface area contributed by atoms with Gasteiger partial charge in [-0.05, 0) is 74.4 Å². The molecule has 0 bridgehead atoms. The molecule has 0 saturated carbocycles. The Bertz CT molecular complexity index is 1250. The zero-order valence-electron chi connectivity index (χ0n) is 19.6. The molecule has 1 fully saturated rings. The largest absolute Gasteiger partial charge is 0.507 e. The zero-order valence-corrected chi connectivity index (χ0v) is 19.6. The molecule has 1 aliphatic rings. The van der Waals surface area contributed by atoms with E-state index in [2.05, 4.69) is 0 Å². The first-order valence-corrected chi connectivity index (χ1v) is 11.1. The molecule has 176 valence electrons. The second kappa shape index (κ2) is 9.47. The van der Waals surface area contributed by atoms with E-state index in [0.29, 0.717) is 35.2 Å². The van der Waals surface area contributed by atoms with Gasteiger partial charge in [-0.3, -0.25) is 9.59 Å². The molecule has 7 heteroatoms. The summed E-state index contributed by atoms with van der Waals surface area (Å²) in [4.78, 5) is 27.7. The average molecular weight is 462 g/mol. The lowest BCUT2D eigenvalue weighted by Crippen LogP contribution is -2.29. The molecule has 1 aliphatic heterocycles. The number of aliphatic hydroxyl groups is 1. The SMILES string of the molecule is CCOc1ccc(/C(O)=C2/C(=O)C(=O)N(Cc3ccc(OC)cc3)C2c2ccc(C)o2)cc1C. The van der Waals surface area contributed by atoms with Crippen LogP contribution in [0.3, 0.4) is 0 Å². The van der Waals surface area contributed by atoms with Crippen molar-refractivity contribution in [2.24, 2.45) is 0 Å². The third kappa shape index (κ3) is 4.29. The Morgan fingerprint density at radius 1 is 1.06 bits per heavy atom. The molecule has 0 spiro atoms. The highest BCUT2D eigenvalue weighted by molar-refractivity contribution is 6.46. The van der Waals surface area contributed by atoms with Gasteiger partial charge in [0.05, 0.1) is 19.3 Å². The minimum absolute atomic E-state index is 0.00331. The Hall–Kier alpha value is -4.00. The summed E-state index contributed by atoms with van der Waals surface area (Å²) in [5, 5.41) is 11.2. The van der Waals surface area contributed by atoms with E-state index in [1.807, 2.05) is 26.0 Å². The van der Waals surface area contributed by atoms with Gasteiger partial charge in [-0.25, -0.2) is 0 Å². The van der Waals surface area contributed by atoms with Crippen LogP contribution in [0.1, 0.15) is 41.2 Å². The van der Waals surface area contributed by atoms with Crippen LogP contribution in [0.2, 0.25) is 0 Å². The zero-order chi connectivity index (χ0) is 24.4. The van der Waals surface area contributed by atoms with Crippen LogP contribution in [0.5, 0.6) is 11.5 Å². The number of carbonyl (C=O) groups is 2. The molecule has 4 rings (SSSR count). The van der Waals surface area contributed by atoms with Gasteiger partial charge in [0.25, 0.3) is 11.7 Å². The number of aliphatic hydroxyl groups excluding tert-OH is 1. The number of hydrogen-bond donors (Lipinski definition) is 1. The van der Waals surface area contributed by atoms with Crippen LogP contribution in [-0.2, 0) is 16.1 Å². The van der Waals surface area contributed by atoms with E-state index >= 15 is 0 Å². The molecular formula is C27H27NO6. The second-order valence-corrected chi connectivity index (χ2v) is 8.14. The summed E-state index contributed by atoms with van der Waals surface area (Å²) in [5.74, 6) is 0.736. The van der Waals surface area contributed by atoms with Crippen LogP contribution in [0.25, 0.3) is 5.76 Å². The maximum Gasteiger partial charge on any atom is 0.296 e. The van der Waals surface area contributed by atoms with Crippen molar-refractivity contribution in [2.75, 3.05) is 13.7 Å². The van der Waals surface area contributed by atoms with Gasteiger partial charge in [-0.1, -0.05) is 12.1 Å². The maximum atomic E-state index is 13.2. The molecule has 0 aliphatic carbocycles. The summed E-state index contributed by atoms with van der Waals surface area (Å²) in [6, 6.07) is 15.0. The highest BCUT2D eigenvalue weighted by atomic mass is 16.5. The summed E-state index contributed by atoms with van der Waals surface area (Å²) >= 11 is 0. The Morgan fingerprint density at radius 3 is 2.38 bits per heavy atom. The van der Waals surface area contributed by atoms with Crippen LogP contribution in [-0.4, -0.2) is 35.4 Å². The Kier molecular flexibility index (Phi) is 6.45. The van der Waals surface area contributed by atoms with Crippen molar-refractivity contribution >= 4 is 17.4 Å². The fraction of sp³-hybridized carbons (Fsp3) is 0.259. The van der Waals surface area contributed by atoms with Crippen molar-refractivity contribution in [1.29, 1.82) is 0 Å². The topological polar surface area (TPSA) is 89.2 Å². The minimum atomic E-state index is -0.859. The van der Waals surface area contributed by atoms with Crippen molar-refractivity contribution in [2.45, 2.75) is 33.4 Å². The summed E-state index contributed by atoms with van der Waals surface area (Å²) in [6.07, 6.45) is 0. The monoisotopic (exact) mass is 461 g/mol. The standard InChI is InChI=1S/C27H27NO6/c1-5-33-21-13-9-19(14-16(21)2)25(29)23-24(22-12-6-17(3)34-22)28(27(31)26(23)30)15-18-7-10-20(32-4)11-8-18/h6-14,24,29H,5,15H2,1-4H3/b25-23-. The third-order valence-corrected chi connectivity index (χ3v) is 5.83. The number of rotatable bonds is 7. The molecule has 2 heterocycles. The number of methoxy groups -OCH3 is 1. The first-order chi connectivity index (χ1) is 16.3. The number of furan rings is 1. The minimum Gasteiger partial charge on any atom is -0.507 e. The molecule has 1 atom stereocenters. The molecular weight excluding hydrogens is 434 g/mol. The van der Waals surface area contributed by atoms with Gasteiger partial charge in [-0.2, -0.15) is 0 Å². The van der Waals surface area contributed by atoms with Crippen molar-refractivity contribution in [3.63, 3.8) is 0 Å². The number of aryl methyl sites for hydroxylation is 2. The van der Waals surface area contributed by atoms with Crippen LogP contribution in [0.15, 0.2) is 64.6 Å². The Morgan fingerprint density at radius 2 is 1.79 bits per heavy atom.